The zero-order valence-corrected chi connectivity index (χ0v) is 16.6. The summed E-state index contributed by atoms with van der Waals surface area (Å²) in [6.07, 6.45) is 0. The van der Waals surface area contributed by atoms with Gasteiger partial charge in [-0.2, -0.15) is 0 Å². The Balaban J connectivity index is 1.47. The van der Waals surface area contributed by atoms with Gasteiger partial charge >= 0.3 is 0 Å². The second-order valence-corrected chi connectivity index (χ2v) is 7.18. The topological polar surface area (TPSA) is 82.9 Å². The second kappa shape index (κ2) is 8.58. The van der Waals surface area contributed by atoms with Crippen molar-refractivity contribution in [1.82, 2.24) is 15.1 Å². The van der Waals surface area contributed by atoms with Gasteiger partial charge in [-0.15, -0.1) is 0 Å². The molecule has 3 amide bonds. The maximum absolute atomic E-state index is 12.5. The first-order valence-electron chi connectivity index (χ1n) is 8.30. The Labute approximate surface area is 169 Å². The molecule has 1 fully saturated rings. The van der Waals surface area contributed by atoms with E-state index < -0.39 is 5.91 Å². The molecule has 1 aromatic heterocycles. The van der Waals surface area contributed by atoms with Crippen molar-refractivity contribution >= 4 is 45.3 Å². The molecule has 1 N–H and O–H groups in total. The van der Waals surface area contributed by atoms with Gasteiger partial charge < -0.3 is 19.5 Å². The summed E-state index contributed by atoms with van der Waals surface area (Å²) in [4.78, 5) is 40.0. The fourth-order valence-electron chi connectivity index (χ4n) is 2.73. The summed E-state index contributed by atoms with van der Waals surface area (Å²) >= 11 is 8.96. The van der Waals surface area contributed by atoms with Crippen molar-refractivity contribution in [3.63, 3.8) is 0 Å². The van der Waals surface area contributed by atoms with Crippen LogP contribution in [0.5, 0.6) is 0 Å². The van der Waals surface area contributed by atoms with Crippen LogP contribution in [0.1, 0.15) is 20.9 Å². The maximum atomic E-state index is 12.5. The molecule has 7 nitrogen and oxygen atoms in total. The minimum absolute atomic E-state index is 0.0875. The largest absolute Gasteiger partial charge is 0.444 e. The Kier molecular flexibility index (Phi) is 6.18. The number of carbonyl (C=O) groups is 3. The molecule has 2 aromatic rings. The molecule has 9 heteroatoms. The van der Waals surface area contributed by atoms with Crippen LogP contribution >= 0.6 is 27.5 Å². The Morgan fingerprint density at radius 3 is 2.22 bits per heavy atom. The minimum Gasteiger partial charge on any atom is -0.444 e. The average Bonchev–Trinajstić information content (AvgIpc) is 3.12. The molecule has 0 aliphatic carbocycles. The Morgan fingerprint density at radius 2 is 1.63 bits per heavy atom. The van der Waals surface area contributed by atoms with Crippen molar-refractivity contribution in [2.75, 3.05) is 32.7 Å². The molecular formula is C18H17BrClN3O4. The van der Waals surface area contributed by atoms with E-state index >= 15 is 0 Å². The lowest BCUT2D eigenvalue weighted by atomic mass is 10.2. The van der Waals surface area contributed by atoms with E-state index in [2.05, 4.69) is 21.2 Å². The number of rotatable bonds is 4. The summed E-state index contributed by atoms with van der Waals surface area (Å²) in [5.41, 5.74) is 0.566. The van der Waals surface area contributed by atoms with Crippen molar-refractivity contribution < 1.29 is 18.8 Å². The standard InChI is InChI=1S/C18H17BrClN3O4/c19-15-6-5-14(27-15)17(25)21-11-16(24)22-7-9-23(10-8-22)18(26)12-1-3-13(20)4-2-12/h1-6H,7-11H2,(H,21,25). The number of nitrogens with one attached hydrogen (secondary N) is 1. The van der Waals surface area contributed by atoms with E-state index in [1.54, 1.807) is 40.1 Å². The highest BCUT2D eigenvalue weighted by Gasteiger charge is 2.25. The predicted octanol–water partition coefficient (Wildman–Crippen LogP) is 2.41. The van der Waals surface area contributed by atoms with Crippen molar-refractivity contribution in [2.45, 2.75) is 0 Å². The molecule has 1 aliphatic rings. The highest BCUT2D eigenvalue weighted by Crippen LogP contribution is 2.14. The van der Waals surface area contributed by atoms with Crippen LogP contribution in [0, 0.1) is 0 Å². The van der Waals surface area contributed by atoms with Gasteiger partial charge in [0.1, 0.15) is 0 Å². The molecule has 1 aliphatic heterocycles. The summed E-state index contributed by atoms with van der Waals surface area (Å²) in [6, 6.07) is 9.84. The molecule has 0 bridgehead atoms. The average molecular weight is 455 g/mol. The summed E-state index contributed by atoms with van der Waals surface area (Å²) in [7, 11) is 0. The van der Waals surface area contributed by atoms with E-state index in [0.29, 0.717) is 41.4 Å². The van der Waals surface area contributed by atoms with Gasteiger partial charge in [-0.3, -0.25) is 14.4 Å². The molecule has 0 radical (unpaired) electrons. The zero-order valence-electron chi connectivity index (χ0n) is 14.3. The van der Waals surface area contributed by atoms with Gasteiger partial charge in [-0.05, 0) is 52.3 Å². The lowest BCUT2D eigenvalue weighted by molar-refractivity contribution is -0.131. The van der Waals surface area contributed by atoms with Gasteiger partial charge in [-0.25, -0.2) is 0 Å². The van der Waals surface area contributed by atoms with Crippen molar-refractivity contribution in [1.29, 1.82) is 0 Å². The first kappa shape index (κ1) is 19.4. The normalized spacial score (nSPS) is 14.1. The van der Waals surface area contributed by atoms with Gasteiger partial charge in [0, 0.05) is 36.8 Å². The highest BCUT2D eigenvalue weighted by molar-refractivity contribution is 9.10. The summed E-state index contributed by atoms with van der Waals surface area (Å²) in [5, 5.41) is 3.11. The first-order valence-corrected chi connectivity index (χ1v) is 9.47. The molecule has 0 unspecified atom stereocenters. The molecule has 27 heavy (non-hydrogen) atoms. The molecule has 1 aromatic carbocycles. The number of benzene rings is 1. The molecule has 1 saturated heterocycles. The van der Waals surface area contributed by atoms with Crippen molar-refractivity contribution in [2.24, 2.45) is 0 Å². The number of piperazine rings is 1. The number of hydrogen-bond acceptors (Lipinski definition) is 4. The van der Waals surface area contributed by atoms with Crippen LogP contribution < -0.4 is 5.32 Å². The number of hydrogen-bond donors (Lipinski definition) is 1. The summed E-state index contributed by atoms with van der Waals surface area (Å²) < 4.78 is 5.59. The molecule has 0 spiro atoms. The maximum Gasteiger partial charge on any atom is 0.287 e. The van der Waals surface area contributed by atoms with Crippen molar-refractivity contribution in [3.8, 4) is 0 Å². The van der Waals surface area contributed by atoms with Crippen LogP contribution in [0.2, 0.25) is 5.02 Å². The quantitative estimate of drug-likeness (QED) is 0.769. The molecule has 3 rings (SSSR count). The lowest BCUT2D eigenvalue weighted by Gasteiger charge is -2.34. The zero-order chi connectivity index (χ0) is 19.4. The van der Waals surface area contributed by atoms with Crippen LogP contribution in [0.15, 0.2) is 45.5 Å². The van der Waals surface area contributed by atoms with Gasteiger partial charge in [0.05, 0.1) is 6.54 Å². The number of nitrogens with zero attached hydrogens (tertiary/aromatic N) is 2. The van der Waals surface area contributed by atoms with E-state index in [1.807, 2.05) is 0 Å². The molecule has 2 heterocycles. The summed E-state index contributed by atoms with van der Waals surface area (Å²) in [6.45, 7) is 1.58. The van der Waals surface area contributed by atoms with E-state index in [9.17, 15) is 14.4 Å². The van der Waals surface area contributed by atoms with Gasteiger partial charge in [0.15, 0.2) is 10.4 Å². The van der Waals surface area contributed by atoms with Gasteiger partial charge in [0.25, 0.3) is 11.8 Å². The van der Waals surface area contributed by atoms with Crippen LogP contribution in [0.25, 0.3) is 0 Å². The third-order valence-electron chi connectivity index (χ3n) is 4.21. The first-order chi connectivity index (χ1) is 12.9. The van der Waals surface area contributed by atoms with Gasteiger partial charge in [0.2, 0.25) is 5.91 Å². The summed E-state index contributed by atoms with van der Waals surface area (Å²) in [5.74, 6) is -0.610. The van der Waals surface area contributed by atoms with Crippen molar-refractivity contribution in [3.05, 3.63) is 57.4 Å². The Hall–Kier alpha value is -2.32. The predicted molar refractivity (Wildman–Crippen MR) is 103 cm³/mol. The third kappa shape index (κ3) is 4.90. The molecular weight excluding hydrogens is 438 g/mol. The lowest BCUT2D eigenvalue weighted by Crippen LogP contribution is -2.52. The van der Waals surface area contributed by atoms with Gasteiger partial charge in [-0.1, -0.05) is 11.6 Å². The highest BCUT2D eigenvalue weighted by atomic mass is 79.9. The smallest absolute Gasteiger partial charge is 0.287 e. The SMILES string of the molecule is O=C(NCC(=O)N1CCN(C(=O)c2ccc(Cl)cc2)CC1)c1ccc(Br)o1. The number of amides is 3. The minimum atomic E-state index is -0.453. The van der Waals surface area contributed by atoms with Crippen LogP contribution in [-0.2, 0) is 4.79 Å². The van der Waals surface area contributed by atoms with E-state index in [0.717, 1.165) is 0 Å². The molecule has 142 valence electrons. The van der Waals surface area contributed by atoms with Crippen LogP contribution in [0.3, 0.4) is 0 Å². The molecule has 0 atom stereocenters. The third-order valence-corrected chi connectivity index (χ3v) is 4.89. The monoisotopic (exact) mass is 453 g/mol. The van der Waals surface area contributed by atoms with E-state index in [4.69, 9.17) is 16.0 Å². The Morgan fingerprint density at radius 1 is 1.00 bits per heavy atom. The van der Waals surface area contributed by atoms with Crippen LogP contribution in [0.4, 0.5) is 0 Å². The number of carbonyl (C=O) groups excluding carboxylic acids is 3. The number of halogens is 2. The molecule has 0 saturated carbocycles. The second-order valence-electron chi connectivity index (χ2n) is 5.97. The Bertz CT molecular complexity index is 845. The number of furan rings is 1. The van der Waals surface area contributed by atoms with E-state index in [-0.39, 0.29) is 24.1 Å². The van der Waals surface area contributed by atoms with E-state index in [1.165, 1.54) is 6.07 Å². The fraction of sp³-hybridized carbons (Fsp3) is 0.278. The fourth-order valence-corrected chi connectivity index (χ4v) is 3.16. The van der Waals surface area contributed by atoms with Crippen LogP contribution in [-0.4, -0.2) is 60.2 Å².